The third-order valence-corrected chi connectivity index (χ3v) is 4.52. The number of alkyl halides is 6. The molecule has 0 atom stereocenters. The van der Waals surface area contributed by atoms with E-state index in [0.717, 1.165) is 0 Å². The molecule has 160 valence electrons. The fraction of sp³-hybridized carbons (Fsp3) is 0.333. The fourth-order valence-electron chi connectivity index (χ4n) is 1.96. The standard InChI is InChI=1S/C15H13F6N3O4S/c1-9-4-2-3-5-10(9)24-29(25,26)11-12(27-6-14(16,17)18)22-8-23-13(11)28-7-15(19,20)21/h2-5,8,24H,6-7H2,1H3. The van der Waals surface area contributed by atoms with Crippen LogP contribution in [-0.2, 0) is 10.0 Å². The van der Waals surface area contributed by atoms with Crippen molar-refractivity contribution in [1.82, 2.24) is 9.97 Å². The fourth-order valence-corrected chi connectivity index (χ4v) is 3.27. The number of sulfonamides is 1. The van der Waals surface area contributed by atoms with Gasteiger partial charge in [0.15, 0.2) is 13.2 Å². The van der Waals surface area contributed by atoms with Gasteiger partial charge in [0.25, 0.3) is 10.0 Å². The number of nitrogens with one attached hydrogen (secondary N) is 1. The highest BCUT2D eigenvalue weighted by atomic mass is 32.2. The lowest BCUT2D eigenvalue weighted by Gasteiger charge is -2.17. The molecule has 7 nitrogen and oxygen atoms in total. The summed E-state index contributed by atoms with van der Waals surface area (Å²) in [7, 11) is -4.79. The van der Waals surface area contributed by atoms with Crippen LogP contribution in [0.5, 0.6) is 11.8 Å². The Hall–Kier alpha value is -2.77. The quantitative estimate of drug-likeness (QED) is 0.657. The molecule has 0 spiro atoms. The first-order chi connectivity index (χ1) is 13.3. The number of para-hydroxylation sites is 1. The average Bonchev–Trinajstić information content (AvgIpc) is 2.58. The zero-order valence-electron chi connectivity index (χ0n) is 14.5. The van der Waals surface area contributed by atoms with Crippen LogP contribution in [0.3, 0.4) is 0 Å². The van der Waals surface area contributed by atoms with E-state index in [0.29, 0.717) is 11.9 Å². The highest BCUT2D eigenvalue weighted by molar-refractivity contribution is 7.93. The Kier molecular flexibility index (Phi) is 6.45. The molecule has 0 unspecified atom stereocenters. The predicted octanol–water partition coefficient (Wildman–Crippen LogP) is 3.47. The van der Waals surface area contributed by atoms with Gasteiger partial charge in [-0.2, -0.15) is 26.3 Å². The van der Waals surface area contributed by atoms with Gasteiger partial charge < -0.3 is 9.47 Å². The molecule has 1 heterocycles. The maximum Gasteiger partial charge on any atom is 0.422 e. The van der Waals surface area contributed by atoms with Crippen LogP contribution in [0.2, 0.25) is 0 Å². The summed E-state index contributed by atoms with van der Waals surface area (Å²) in [6, 6.07) is 5.92. The van der Waals surface area contributed by atoms with E-state index < -0.39 is 52.2 Å². The van der Waals surface area contributed by atoms with E-state index in [4.69, 9.17) is 0 Å². The molecule has 0 aliphatic heterocycles. The molecule has 29 heavy (non-hydrogen) atoms. The predicted molar refractivity (Wildman–Crippen MR) is 87.1 cm³/mol. The van der Waals surface area contributed by atoms with E-state index in [2.05, 4.69) is 19.4 Å². The molecule has 1 aromatic heterocycles. The number of aryl methyl sites for hydroxylation is 1. The summed E-state index contributed by atoms with van der Waals surface area (Å²) in [4.78, 5) is 5.41. The number of benzene rings is 1. The van der Waals surface area contributed by atoms with Crippen molar-refractivity contribution in [3.63, 3.8) is 0 Å². The van der Waals surface area contributed by atoms with Gasteiger partial charge in [0.05, 0.1) is 5.69 Å². The summed E-state index contributed by atoms with van der Waals surface area (Å²) in [5.41, 5.74) is 0.461. The monoisotopic (exact) mass is 445 g/mol. The topological polar surface area (TPSA) is 90.4 Å². The minimum absolute atomic E-state index is 0.0277. The Labute approximate surface area is 160 Å². The maximum atomic E-state index is 12.7. The van der Waals surface area contributed by atoms with Gasteiger partial charge in [0.2, 0.25) is 16.7 Å². The number of rotatable bonds is 7. The van der Waals surface area contributed by atoms with Crippen LogP contribution in [0.4, 0.5) is 32.0 Å². The van der Waals surface area contributed by atoms with E-state index in [1.807, 2.05) is 4.72 Å². The van der Waals surface area contributed by atoms with Gasteiger partial charge in [-0.3, -0.25) is 4.72 Å². The van der Waals surface area contributed by atoms with Gasteiger partial charge in [0.1, 0.15) is 6.33 Å². The van der Waals surface area contributed by atoms with Crippen molar-refractivity contribution in [2.45, 2.75) is 24.2 Å². The number of hydrogen-bond acceptors (Lipinski definition) is 6. The molecular weight excluding hydrogens is 432 g/mol. The van der Waals surface area contributed by atoms with Crippen molar-refractivity contribution in [3.05, 3.63) is 36.2 Å². The summed E-state index contributed by atoms with van der Waals surface area (Å²) in [5.74, 6) is -2.23. The lowest BCUT2D eigenvalue weighted by atomic mass is 10.2. The summed E-state index contributed by atoms with van der Waals surface area (Å²) in [5, 5.41) is 0. The molecule has 0 saturated heterocycles. The molecule has 14 heteroatoms. The van der Waals surface area contributed by atoms with Crippen molar-refractivity contribution in [2.75, 3.05) is 17.9 Å². The third kappa shape index (κ3) is 6.66. The van der Waals surface area contributed by atoms with Gasteiger partial charge in [-0.15, -0.1) is 0 Å². The van der Waals surface area contributed by atoms with Crippen LogP contribution in [-0.4, -0.2) is 44.0 Å². The third-order valence-electron chi connectivity index (χ3n) is 3.14. The highest BCUT2D eigenvalue weighted by Gasteiger charge is 2.35. The number of aromatic nitrogens is 2. The zero-order valence-corrected chi connectivity index (χ0v) is 15.3. The zero-order chi connectivity index (χ0) is 21.9. The van der Waals surface area contributed by atoms with E-state index in [1.54, 1.807) is 6.07 Å². The number of ether oxygens (including phenoxy) is 2. The lowest BCUT2D eigenvalue weighted by Crippen LogP contribution is -2.24. The van der Waals surface area contributed by atoms with E-state index in [9.17, 15) is 34.8 Å². The highest BCUT2D eigenvalue weighted by Crippen LogP contribution is 2.33. The lowest BCUT2D eigenvalue weighted by molar-refractivity contribution is -0.155. The number of anilines is 1. The summed E-state index contributed by atoms with van der Waals surface area (Å²) in [6.45, 7) is -2.34. The van der Waals surface area contributed by atoms with E-state index in [1.165, 1.54) is 25.1 Å². The van der Waals surface area contributed by atoms with Crippen LogP contribution in [0.15, 0.2) is 35.5 Å². The molecule has 1 N–H and O–H groups in total. The number of hydrogen-bond donors (Lipinski definition) is 1. The first-order valence-electron chi connectivity index (χ1n) is 7.61. The Morgan fingerprint density at radius 3 is 1.86 bits per heavy atom. The summed E-state index contributed by atoms with van der Waals surface area (Å²) in [6.07, 6.45) is -9.20. The average molecular weight is 445 g/mol. The second kappa shape index (κ2) is 8.31. The van der Waals surface area contributed by atoms with Crippen LogP contribution >= 0.6 is 0 Å². The minimum atomic E-state index is -4.86. The number of nitrogens with zero attached hydrogens (tertiary/aromatic N) is 2. The molecule has 1 aromatic carbocycles. The van der Waals surface area contributed by atoms with Gasteiger partial charge in [0, 0.05) is 0 Å². The second-order valence-corrected chi connectivity index (χ2v) is 7.16. The van der Waals surface area contributed by atoms with Gasteiger partial charge >= 0.3 is 12.4 Å². The molecule has 2 rings (SSSR count). The van der Waals surface area contributed by atoms with Crippen molar-refractivity contribution >= 4 is 15.7 Å². The SMILES string of the molecule is Cc1ccccc1NS(=O)(=O)c1c(OCC(F)(F)F)ncnc1OCC(F)(F)F. The Morgan fingerprint density at radius 1 is 0.931 bits per heavy atom. The van der Waals surface area contributed by atoms with Gasteiger partial charge in [-0.1, -0.05) is 18.2 Å². The van der Waals surface area contributed by atoms with Crippen molar-refractivity contribution in [3.8, 4) is 11.8 Å². The van der Waals surface area contributed by atoms with Crippen molar-refractivity contribution < 1.29 is 44.2 Å². The Balaban J connectivity index is 2.50. The number of halogens is 6. The van der Waals surface area contributed by atoms with Crippen LogP contribution in [0.1, 0.15) is 5.56 Å². The van der Waals surface area contributed by atoms with Crippen molar-refractivity contribution in [2.24, 2.45) is 0 Å². The molecule has 2 aromatic rings. The van der Waals surface area contributed by atoms with Crippen LogP contribution < -0.4 is 14.2 Å². The maximum absolute atomic E-state index is 12.7. The van der Waals surface area contributed by atoms with Gasteiger partial charge in [-0.25, -0.2) is 18.4 Å². The first kappa shape index (κ1) is 22.5. The molecule has 0 aliphatic carbocycles. The Morgan fingerprint density at radius 2 is 1.41 bits per heavy atom. The van der Waals surface area contributed by atoms with Crippen LogP contribution in [0, 0.1) is 6.92 Å². The Bertz CT molecular complexity index is 927. The van der Waals surface area contributed by atoms with E-state index in [-0.39, 0.29) is 5.69 Å². The second-order valence-electron chi connectivity index (χ2n) is 5.54. The molecule has 0 aliphatic rings. The molecular formula is C15H13F6N3O4S. The minimum Gasteiger partial charge on any atom is -0.467 e. The van der Waals surface area contributed by atoms with Crippen molar-refractivity contribution in [1.29, 1.82) is 0 Å². The van der Waals surface area contributed by atoms with Crippen LogP contribution in [0.25, 0.3) is 0 Å². The van der Waals surface area contributed by atoms with Gasteiger partial charge in [-0.05, 0) is 18.6 Å². The van der Waals surface area contributed by atoms with E-state index >= 15 is 0 Å². The molecule has 0 amide bonds. The first-order valence-corrected chi connectivity index (χ1v) is 9.09. The largest absolute Gasteiger partial charge is 0.467 e. The normalized spacial score (nSPS) is 12.5. The molecule has 0 fully saturated rings. The smallest absolute Gasteiger partial charge is 0.422 e. The molecule has 0 saturated carbocycles. The molecule has 0 bridgehead atoms. The summed E-state index contributed by atoms with van der Waals surface area (Å²) < 4.78 is 111. The molecule has 0 radical (unpaired) electrons. The summed E-state index contributed by atoms with van der Waals surface area (Å²) >= 11 is 0.